The lowest BCUT2D eigenvalue weighted by Gasteiger charge is -2.18. The summed E-state index contributed by atoms with van der Waals surface area (Å²) in [7, 11) is 0. The SMILES string of the molecule is CCOc1c(CC)c(O)c2ccccc2c1OC(=O)CC. The number of carbonyl (C=O) groups is 1. The van der Waals surface area contributed by atoms with E-state index >= 15 is 0 Å². The maximum Gasteiger partial charge on any atom is 0.311 e. The first-order valence-corrected chi connectivity index (χ1v) is 7.23. The lowest BCUT2D eigenvalue weighted by molar-refractivity contribution is -0.134. The minimum atomic E-state index is -0.325. The fourth-order valence-electron chi connectivity index (χ4n) is 2.33. The third kappa shape index (κ3) is 2.79. The fourth-order valence-corrected chi connectivity index (χ4v) is 2.33. The smallest absolute Gasteiger partial charge is 0.311 e. The Morgan fingerprint density at radius 3 is 2.33 bits per heavy atom. The highest BCUT2D eigenvalue weighted by molar-refractivity contribution is 5.98. The number of carbonyl (C=O) groups excluding carboxylic acids is 1. The van der Waals surface area contributed by atoms with Crippen molar-refractivity contribution in [3.63, 3.8) is 0 Å². The molecule has 2 rings (SSSR count). The van der Waals surface area contributed by atoms with Gasteiger partial charge in [0.25, 0.3) is 0 Å². The predicted molar refractivity (Wildman–Crippen MR) is 82.1 cm³/mol. The van der Waals surface area contributed by atoms with E-state index in [1.807, 2.05) is 38.1 Å². The minimum Gasteiger partial charge on any atom is -0.507 e. The zero-order valence-electron chi connectivity index (χ0n) is 12.6. The average molecular weight is 288 g/mol. The minimum absolute atomic E-state index is 0.188. The van der Waals surface area contributed by atoms with Crippen LogP contribution in [0.2, 0.25) is 0 Å². The van der Waals surface area contributed by atoms with Crippen molar-refractivity contribution in [3.8, 4) is 17.2 Å². The van der Waals surface area contributed by atoms with Crippen molar-refractivity contribution in [1.82, 2.24) is 0 Å². The topological polar surface area (TPSA) is 55.8 Å². The summed E-state index contributed by atoms with van der Waals surface area (Å²) in [6, 6.07) is 7.30. The van der Waals surface area contributed by atoms with Crippen molar-refractivity contribution in [2.24, 2.45) is 0 Å². The summed E-state index contributed by atoms with van der Waals surface area (Å²) < 4.78 is 11.1. The molecule has 4 nitrogen and oxygen atoms in total. The van der Waals surface area contributed by atoms with Gasteiger partial charge in [-0.25, -0.2) is 0 Å². The van der Waals surface area contributed by atoms with E-state index in [0.717, 1.165) is 0 Å². The summed E-state index contributed by atoms with van der Waals surface area (Å²) in [6.07, 6.45) is 0.866. The summed E-state index contributed by atoms with van der Waals surface area (Å²) in [5.41, 5.74) is 0.662. The molecule has 1 N–H and O–H groups in total. The molecule has 0 aromatic heterocycles. The van der Waals surface area contributed by atoms with E-state index in [0.29, 0.717) is 40.9 Å². The lowest BCUT2D eigenvalue weighted by Crippen LogP contribution is -2.09. The molecule has 0 saturated carbocycles. The van der Waals surface area contributed by atoms with Crippen molar-refractivity contribution >= 4 is 16.7 Å². The van der Waals surface area contributed by atoms with E-state index in [1.165, 1.54) is 0 Å². The summed E-state index contributed by atoms with van der Waals surface area (Å²) in [6.45, 7) is 5.96. The normalized spacial score (nSPS) is 10.6. The quantitative estimate of drug-likeness (QED) is 0.671. The van der Waals surface area contributed by atoms with E-state index in [2.05, 4.69) is 0 Å². The molecule has 4 heteroatoms. The highest BCUT2D eigenvalue weighted by atomic mass is 16.6. The number of phenolic OH excluding ortho intramolecular Hbond substituents is 1. The third-order valence-corrected chi connectivity index (χ3v) is 3.34. The van der Waals surface area contributed by atoms with Gasteiger partial charge in [0.2, 0.25) is 0 Å². The first-order chi connectivity index (χ1) is 10.1. The molecule has 0 radical (unpaired) electrons. The van der Waals surface area contributed by atoms with Gasteiger partial charge in [-0.1, -0.05) is 38.1 Å². The lowest BCUT2D eigenvalue weighted by atomic mass is 10.0. The number of ether oxygens (including phenoxy) is 2. The molecule has 0 fully saturated rings. The Morgan fingerprint density at radius 1 is 1.10 bits per heavy atom. The second-order valence-corrected chi connectivity index (χ2v) is 4.65. The highest BCUT2D eigenvalue weighted by Crippen LogP contribution is 2.45. The Balaban J connectivity index is 2.78. The Morgan fingerprint density at radius 2 is 1.76 bits per heavy atom. The van der Waals surface area contributed by atoms with Crippen molar-refractivity contribution < 1.29 is 19.4 Å². The van der Waals surface area contributed by atoms with Crippen molar-refractivity contribution in [3.05, 3.63) is 29.8 Å². The molecular weight excluding hydrogens is 268 g/mol. The number of esters is 1. The molecule has 0 aliphatic rings. The Hall–Kier alpha value is -2.23. The molecule has 2 aromatic rings. The van der Waals surface area contributed by atoms with Crippen LogP contribution in [0.4, 0.5) is 0 Å². The van der Waals surface area contributed by atoms with Gasteiger partial charge in [0.15, 0.2) is 11.5 Å². The molecular formula is C17H20O4. The third-order valence-electron chi connectivity index (χ3n) is 3.34. The van der Waals surface area contributed by atoms with Gasteiger partial charge in [0, 0.05) is 22.8 Å². The Labute approximate surface area is 124 Å². The first kappa shape index (κ1) is 15.2. The monoisotopic (exact) mass is 288 g/mol. The number of hydrogen-bond acceptors (Lipinski definition) is 4. The van der Waals surface area contributed by atoms with Crippen LogP contribution in [0.1, 0.15) is 32.8 Å². The number of rotatable bonds is 5. The van der Waals surface area contributed by atoms with Gasteiger partial charge >= 0.3 is 5.97 Å². The molecule has 21 heavy (non-hydrogen) atoms. The highest BCUT2D eigenvalue weighted by Gasteiger charge is 2.21. The zero-order valence-corrected chi connectivity index (χ0v) is 12.6. The van der Waals surface area contributed by atoms with Gasteiger partial charge in [-0.2, -0.15) is 0 Å². The molecule has 0 aliphatic heterocycles. The maximum atomic E-state index is 11.7. The first-order valence-electron chi connectivity index (χ1n) is 7.23. The van der Waals surface area contributed by atoms with Crippen LogP contribution in [0.3, 0.4) is 0 Å². The van der Waals surface area contributed by atoms with E-state index in [9.17, 15) is 9.90 Å². The van der Waals surface area contributed by atoms with Gasteiger partial charge in [-0.05, 0) is 13.3 Å². The van der Waals surface area contributed by atoms with Gasteiger partial charge in [0.05, 0.1) is 6.61 Å². The van der Waals surface area contributed by atoms with Crippen molar-refractivity contribution in [2.45, 2.75) is 33.6 Å². The Bertz CT molecular complexity index is 661. The van der Waals surface area contributed by atoms with Crippen LogP contribution >= 0.6 is 0 Å². The van der Waals surface area contributed by atoms with Crippen LogP contribution in [-0.2, 0) is 11.2 Å². The van der Waals surface area contributed by atoms with Gasteiger partial charge < -0.3 is 14.6 Å². The average Bonchev–Trinajstić information content (AvgIpc) is 2.51. The molecule has 0 heterocycles. The van der Waals surface area contributed by atoms with Crippen molar-refractivity contribution in [2.75, 3.05) is 6.61 Å². The molecule has 0 amide bonds. The van der Waals surface area contributed by atoms with Crippen LogP contribution in [0.15, 0.2) is 24.3 Å². The number of hydrogen-bond donors (Lipinski definition) is 1. The number of aromatic hydroxyl groups is 1. The largest absolute Gasteiger partial charge is 0.507 e. The predicted octanol–water partition coefficient (Wildman–Crippen LogP) is 3.82. The van der Waals surface area contributed by atoms with E-state index in [4.69, 9.17) is 9.47 Å². The molecule has 0 bridgehead atoms. The van der Waals surface area contributed by atoms with Crippen LogP contribution in [0.25, 0.3) is 10.8 Å². The van der Waals surface area contributed by atoms with Gasteiger partial charge in [-0.15, -0.1) is 0 Å². The molecule has 0 unspecified atom stereocenters. The second kappa shape index (κ2) is 6.48. The van der Waals surface area contributed by atoms with Crippen molar-refractivity contribution in [1.29, 1.82) is 0 Å². The summed E-state index contributed by atoms with van der Waals surface area (Å²) >= 11 is 0. The van der Waals surface area contributed by atoms with Gasteiger partial charge in [0.1, 0.15) is 5.75 Å². The maximum absolute atomic E-state index is 11.7. The molecule has 112 valence electrons. The molecule has 2 aromatic carbocycles. The number of phenols is 1. The van der Waals surface area contributed by atoms with E-state index in [1.54, 1.807) is 6.92 Å². The molecule has 0 spiro atoms. The summed E-state index contributed by atoms with van der Waals surface area (Å²) in [5, 5.41) is 11.8. The Kier molecular flexibility index (Phi) is 4.68. The number of benzene rings is 2. The van der Waals surface area contributed by atoms with E-state index in [-0.39, 0.29) is 18.1 Å². The number of fused-ring (bicyclic) bond motifs is 1. The molecule has 0 saturated heterocycles. The van der Waals surface area contributed by atoms with E-state index < -0.39 is 0 Å². The molecule has 0 aliphatic carbocycles. The fraction of sp³-hybridized carbons (Fsp3) is 0.353. The summed E-state index contributed by atoms with van der Waals surface area (Å²) in [5.74, 6) is 0.716. The standard InChI is InChI=1S/C17H20O4/c1-4-11-15(19)12-9-7-8-10-13(12)17(16(11)20-6-3)21-14(18)5-2/h7-10,19H,4-6H2,1-3H3. The van der Waals surface area contributed by atoms with Crippen LogP contribution in [0.5, 0.6) is 17.2 Å². The summed E-state index contributed by atoms with van der Waals surface area (Å²) in [4.78, 5) is 11.7. The molecule has 0 atom stereocenters. The van der Waals surface area contributed by atoms with Crippen LogP contribution in [0, 0.1) is 0 Å². The van der Waals surface area contributed by atoms with Gasteiger partial charge in [-0.3, -0.25) is 4.79 Å². The van der Waals surface area contributed by atoms with Crippen LogP contribution < -0.4 is 9.47 Å². The zero-order chi connectivity index (χ0) is 15.4. The van der Waals surface area contributed by atoms with Crippen LogP contribution in [-0.4, -0.2) is 17.7 Å². The second-order valence-electron chi connectivity index (χ2n) is 4.65.